The van der Waals surface area contributed by atoms with Gasteiger partial charge in [0.15, 0.2) is 0 Å². The van der Waals surface area contributed by atoms with E-state index in [-0.39, 0.29) is 0 Å². The molecule has 1 aliphatic rings. The van der Waals surface area contributed by atoms with Crippen LogP contribution in [0.1, 0.15) is 64.2 Å². The molecule has 1 saturated heterocycles. The molecular formula is C13H23N3O. The average Bonchev–Trinajstić information content (AvgIpc) is 2.78. The second-order valence-corrected chi connectivity index (χ2v) is 5.54. The van der Waals surface area contributed by atoms with E-state index in [2.05, 4.69) is 42.8 Å². The second kappa shape index (κ2) is 5.17. The molecule has 1 fully saturated rings. The molecule has 0 N–H and O–H groups in total. The first kappa shape index (κ1) is 12.6. The Balaban J connectivity index is 1.96. The highest BCUT2D eigenvalue weighted by Crippen LogP contribution is 2.28. The number of rotatable bonds is 3. The van der Waals surface area contributed by atoms with Crippen LogP contribution in [0.2, 0.25) is 0 Å². The molecule has 4 heteroatoms. The lowest BCUT2D eigenvalue weighted by Gasteiger charge is -2.33. The Bertz CT molecular complexity index is 351. The average molecular weight is 237 g/mol. The third kappa shape index (κ3) is 2.86. The number of aromatic nitrogens is 2. The molecule has 1 aliphatic heterocycles. The molecule has 2 heterocycles. The van der Waals surface area contributed by atoms with E-state index >= 15 is 0 Å². The van der Waals surface area contributed by atoms with Gasteiger partial charge < -0.3 is 9.32 Å². The highest BCUT2D eigenvalue weighted by Gasteiger charge is 2.26. The summed E-state index contributed by atoms with van der Waals surface area (Å²) in [5.74, 6) is 2.40. The van der Waals surface area contributed by atoms with Gasteiger partial charge in [-0.05, 0) is 39.8 Å². The zero-order valence-electron chi connectivity index (χ0n) is 11.3. The fourth-order valence-corrected chi connectivity index (χ4v) is 2.31. The van der Waals surface area contributed by atoms with Gasteiger partial charge in [-0.15, -0.1) is 10.2 Å². The Morgan fingerprint density at radius 1 is 1.12 bits per heavy atom. The monoisotopic (exact) mass is 237 g/mol. The van der Waals surface area contributed by atoms with Gasteiger partial charge in [-0.25, -0.2) is 0 Å². The summed E-state index contributed by atoms with van der Waals surface area (Å²) in [4.78, 5) is 2.51. The van der Waals surface area contributed by atoms with Crippen LogP contribution in [0.3, 0.4) is 0 Å². The van der Waals surface area contributed by atoms with Gasteiger partial charge in [-0.2, -0.15) is 0 Å². The fourth-order valence-electron chi connectivity index (χ4n) is 2.31. The first-order chi connectivity index (χ1) is 8.08. The van der Waals surface area contributed by atoms with Crippen molar-refractivity contribution >= 4 is 0 Å². The van der Waals surface area contributed by atoms with E-state index in [0.29, 0.717) is 17.9 Å². The lowest BCUT2D eigenvalue weighted by atomic mass is 9.96. The summed E-state index contributed by atoms with van der Waals surface area (Å²) >= 11 is 0. The Hall–Kier alpha value is -0.900. The van der Waals surface area contributed by atoms with Crippen molar-refractivity contribution in [2.24, 2.45) is 0 Å². The van der Waals surface area contributed by atoms with Crippen molar-refractivity contribution in [1.29, 1.82) is 0 Å². The van der Waals surface area contributed by atoms with Crippen molar-refractivity contribution in [3.8, 4) is 0 Å². The lowest BCUT2D eigenvalue weighted by molar-refractivity contribution is 0.162. The summed E-state index contributed by atoms with van der Waals surface area (Å²) in [5, 5.41) is 8.31. The van der Waals surface area contributed by atoms with E-state index in [1.54, 1.807) is 0 Å². The molecule has 0 saturated carbocycles. The van der Waals surface area contributed by atoms with Crippen LogP contribution in [0.25, 0.3) is 0 Å². The van der Waals surface area contributed by atoms with Crippen molar-refractivity contribution in [1.82, 2.24) is 15.1 Å². The topological polar surface area (TPSA) is 42.2 Å². The molecule has 0 aromatic carbocycles. The Kier molecular flexibility index (Phi) is 3.82. The standard InChI is InChI=1S/C13H23N3O/c1-9(2)12-14-15-13(17-12)11-5-7-16(8-6-11)10(3)4/h9-11H,5-8H2,1-4H3. The number of hydrogen-bond acceptors (Lipinski definition) is 4. The van der Waals surface area contributed by atoms with Crippen molar-refractivity contribution < 1.29 is 4.42 Å². The van der Waals surface area contributed by atoms with Gasteiger partial charge in [0.1, 0.15) is 0 Å². The third-order valence-electron chi connectivity index (χ3n) is 3.56. The highest BCUT2D eigenvalue weighted by molar-refractivity contribution is 4.96. The molecule has 96 valence electrons. The van der Waals surface area contributed by atoms with E-state index in [1.165, 1.54) is 0 Å². The minimum atomic E-state index is 0.326. The fraction of sp³-hybridized carbons (Fsp3) is 0.846. The number of nitrogens with zero attached hydrogens (tertiary/aromatic N) is 3. The van der Waals surface area contributed by atoms with Crippen LogP contribution in [0, 0.1) is 0 Å². The summed E-state index contributed by atoms with van der Waals surface area (Å²) in [7, 11) is 0. The molecule has 2 rings (SSSR count). The second-order valence-electron chi connectivity index (χ2n) is 5.54. The Labute approximate surface area is 103 Å². The summed E-state index contributed by atoms with van der Waals surface area (Å²) < 4.78 is 5.74. The van der Waals surface area contributed by atoms with Crippen molar-refractivity contribution in [3.63, 3.8) is 0 Å². The van der Waals surface area contributed by atoms with Gasteiger partial charge in [0.25, 0.3) is 0 Å². The number of piperidine rings is 1. The minimum absolute atomic E-state index is 0.326. The summed E-state index contributed by atoms with van der Waals surface area (Å²) in [5.41, 5.74) is 0. The van der Waals surface area contributed by atoms with Crippen LogP contribution in [0.15, 0.2) is 4.42 Å². The molecule has 1 aromatic heterocycles. The van der Waals surface area contributed by atoms with Crippen LogP contribution in [0.4, 0.5) is 0 Å². The molecule has 0 spiro atoms. The maximum atomic E-state index is 5.74. The number of hydrogen-bond donors (Lipinski definition) is 0. The van der Waals surface area contributed by atoms with Gasteiger partial charge >= 0.3 is 0 Å². The number of likely N-dealkylation sites (tertiary alicyclic amines) is 1. The maximum absolute atomic E-state index is 5.74. The van der Waals surface area contributed by atoms with Crippen LogP contribution in [-0.2, 0) is 0 Å². The molecular weight excluding hydrogens is 214 g/mol. The minimum Gasteiger partial charge on any atom is -0.425 e. The Morgan fingerprint density at radius 2 is 1.76 bits per heavy atom. The quantitative estimate of drug-likeness (QED) is 0.810. The summed E-state index contributed by atoms with van der Waals surface area (Å²) in [6.07, 6.45) is 2.27. The largest absolute Gasteiger partial charge is 0.425 e. The smallest absolute Gasteiger partial charge is 0.219 e. The third-order valence-corrected chi connectivity index (χ3v) is 3.56. The maximum Gasteiger partial charge on any atom is 0.219 e. The van der Waals surface area contributed by atoms with Gasteiger partial charge in [-0.1, -0.05) is 13.8 Å². The first-order valence-corrected chi connectivity index (χ1v) is 6.65. The van der Waals surface area contributed by atoms with E-state index in [9.17, 15) is 0 Å². The predicted octanol–water partition coefficient (Wildman–Crippen LogP) is 2.78. The van der Waals surface area contributed by atoms with E-state index in [4.69, 9.17) is 4.42 Å². The molecule has 1 aromatic rings. The van der Waals surface area contributed by atoms with Crippen LogP contribution in [0.5, 0.6) is 0 Å². The molecule has 0 unspecified atom stereocenters. The van der Waals surface area contributed by atoms with Crippen LogP contribution >= 0.6 is 0 Å². The van der Waals surface area contributed by atoms with E-state index < -0.39 is 0 Å². The molecule has 0 bridgehead atoms. The summed E-state index contributed by atoms with van der Waals surface area (Å²) in [6, 6.07) is 0.643. The highest BCUT2D eigenvalue weighted by atomic mass is 16.4. The molecule has 4 nitrogen and oxygen atoms in total. The van der Waals surface area contributed by atoms with Gasteiger partial charge in [0, 0.05) is 17.9 Å². The Morgan fingerprint density at radius 3 is 2.24 bits per heavy atom. The molecule has 0 radical (unpaired) electrons. The first-order valence-electron chi connectivity index (χ1n) is 6.65. The van der Waals surface area contributed by atoms with E-state index in [1.807, 2.05) is 0 Å². The van der Waals surface area contributed by atoms with Crippen molar-refractivity contribution in [2.75, 3.05) is 13.1 Å². The zero-order chi connectivity index (χ0) is 12.4. The zero-order valence-corrected chi connectivity index (χ0v) is 11.3. The van der Waals surface area contributed by atoms with Crippen molar-refractivity contribution in [2.45, 2.75) is 58.4 Å². The summed E-state index contributed by atoms with van der Waals surface area (Å²) in [6.45, 7) is 11.0. The van der Waals surface area contributed by atoms with Crippen LogP contribution < -0.4 is 0 Å². The molecule has 0 aliphatic carbocycles. The van der Waals surface area contributed by atoms with Crippen molar-refractivity contribution in [3.05, 3.63) is 11.8 Å². The normalized spacial score (nSPS) is 19.4. The van der Waals surface area contributed by atoms with Gasteiger partial charge in [0.05, 0.1) is 0 Å². The van der Waals surface area contributed by atoms with Crippen LogP contribution in [-0.4, -0.2) is 34.2 Å². The molecule has 17 heavy (non-hydrogen) atoms. The predicted molar refractivity (Wildman–Crippen MR) is 67.1 cm³/mol. The van der Waals surface area contributed by atoms with Gasteiger partial charge in [0.2, 0.25) is 11.8 Å². The van der Waals surface area contributed by atoms with E-state index in [0.717, 1.165) is 37.7 Å². The van der Waals surface area contributed by atoms with Gasteiger partial charge in [-0.3, -0.25) is 0 Å². The molecule has 0 atom stereocenters. The lowest BCUT2D eigenvalue weighted by Crippen LogP contribution is -2.37. The molecule has 0 amide bonds. The SMILES string of the molecule is CC(C)c1nnc(C2CCN(C(C)C)CC2)o1.